The summed E-state index contributed by atoms with van der Waals surface area (Å²) >= 11 is 1.25. The standard InChI is InChI=1S/C20H23FN2O3S/c1-13-19(14(2)24)27-20(22-13)23(12-17-4-3-11-26-17)18(25)10-7-15-5-8-16(21)9-6-15/h5-6,8-9,17H,3-4,7,10-12H2,1-2H3. The van der Waals surface area contributed by atoms with E-state index in [1.807, 2.05) is 0 Å². The molecular formula is C20H23FN2O3S. The molecule has 7 heteroatoms. The van der Waals surface area contributed by atoms with Crippen molar-refractivity contribution in [1.29, 1.82) is 0 Å². The predicted molar refractivity (Wildman–Crippen MR) is 103 cm³/mol. The second kappa shape index (κ2) is 8.71. The van der Waals surface area contributed by atoms with Crippen molar-refractivity contribution in [3.8, 4) is 0 Å². The molecule has 1 saturated heterocycles. The molecular weight excluding hydrogens is 367 g/mol. The summed E-state index contributed by atoms with van der Waals surface area (Å²) in [7, 11) is 0. The van der Waals surface area contributed by atoms with E-state index in [9.17, 15) is 14.0 Å². The van der Waals surface area contributed by atoms with Crippen molar-refractivity contribution in [1.82, 2.24) is 4.98 Å². The Balaban J connectivity index is 1.75. The van der Waals surface area contributed by atoms with Crippen LogP contribution in [0, 0.1) is 12.7 Å². The number of aryl methyl sites for hydroxylation is 2. The third-order valence-corrected chi connectivity index (χ3v) is 5.87. The van der Waals surface area contributed by atoms with Crippen LogP contribution in [-0.4, -0.2) is 35.9 Å². The minimum atomic E-state index is -0.292. The molecule has 27 heavy (non-hydrogen) atoms. The van der Waals surface area contributed by atoms with Gasteiger partial charge in [0, 0.05) is 20.0 Å². The van der Waals surface area contributed by atoms with Crippen LogP contribution < -0.4 is 4.90 Å². The van der Waals surface area contributed by atoms with E-state index in [0.717, 1.165) is 18.4 Å². The Bertz CT molecular complexity index is 813. The molecule has 0 saturated carbocycles. The van der Waals surface area contributed by atoms with Crippen LogP contribution in [0.15, 0.2) is 24.3 Å². The Morgan fingerprint density at radius 3 is 2.67 bits per heavy atom. The van der Waals surface area contributed by atoms with Crippen LogP contribution in [-0.2, 0) is 16.0 Å². The third kappa shape index (κ3) is 4.99. The van der Waals surface area contributed by atoms with Gasteiger partial charge in [0.25, 0.3) is 0 Å². The molecule has 1 amide bonds. The number of benzene rings is 1. The first-order chi connectivity index (χ1) is 12.9. The third-order valence-electron chi connectivity index (χ3n) is 4.59. The number of ketones is 1. The summed E-state index contributed by atoms with van der Waals surface area (Å²) in [5, 5.41) is 0.539. The predicted octanol–water partition coefficient (Wildman–Crippen LogP) is 3.94. The molecule has 144 valence electrons. The highest BCUT2D eigenvalue weighted by atomic mass is 32.1. The lowest BCUT2D eigenvalue weighted by molar-refractivity contribution is -0.119. The van der Waals surface area contributed by atoms with Crippen molar-refractivity contribution in [2.45, 2.75) is 45.6 Å². The SMILES string of the molecule is CC(=O)c1sc(N(CC2CCCO2)C(=O)CCc2ccc(F)cc2)nc1C. The van der Waals surface area contributed by atoms with Gasteiger partial charge < -0.3 is 4.74 Å². The number of hydrogen-bond donors (Lipinski definition) is 0. The van der Waals surface area contributed by atoms with Gasteiger partial charge in [0.2, 0.25) is 5.91 Å². The monoisotopic (exact) mass is 390 g/mol. The summed E-state index contributed by atoms with van der Waals surface area (Å²) in [6.07, 6.45) is 2.69. The van der Waals surface area contributed by atoms with E-state index in [-0.39, 0.29) is 30.0 Å². The number of Topliss-reactive ketones (excluding diaryl/α,β-unsaturated/α-hetero) is 1. The van der Waals surface area contributed by atoms with Crippen molar-refractivity contribution in [2.24, 2.45) is 0 Å². The lowest BCUT2D eigenvalue weighted by Gasteiger charge is -2.23. The molecule has 1 aliphatic heterocycles. The number of halogens is 1. The maximum atomic E-state index is 13.0. The second-order valence-electron chi connectivity index (χ2n) is 6.73. The largest absolute Gasteiger partial charge is 0.376 e. The minimum Gasteiger partial charge on any atom is -0.376 e. The Hall–Kier alpha value is -2.12. The van der Waals surface area contributed by atoms with Crippen molar-refractivity contribution >= 4 is 28.2 Å². The maximum absolute atomic E-state index is 13.0. The van der Waals surface area contributed by atoms with Gasteiger partial charge in [0.15, 0.2) is 10.9 Å². The zero-order valence-electron chi connectivity index (χ0n) is 15.5. The topological polar surface area (TPSA) is 59.5 Å². The number of aromatic nitrogens is 1. The Kier molecular flexibility index (Phi) is 6.34. The summed E-state index contributed by atoms with van der Waals surface area (Å²) in [5.74, 6) is -0.411. The van der Waals surface area contributed by atoms with Crippen LogP contribution in [0.3, 0.4) is 0 Å². The van der Waals surface area contributed by atoms with Crippen molar-refractivity contribution < 1.29 is 18.7 Å². The summed E-state index contributed by atoms with van der Waals surface area (Å²) in [6, 6.07) is 6.17. The van der Waals surface area contributed by atoms with Crippen LogP contribution in [0.1, 0.15) is 47.1 Å². The molecule has 1 fully saturated rings. The lowest BCUT2D eigenvalue weighted by Crippen LogP contribution is -2.37. The molecule has 5 nitrogen and oxygen atoms in total. The molecule has 1 aromatic heterocycles. The molecule has 0 N–H and O–H groups in total. The lowest BCUT2D eigenvalue weighted by atomic mass is 10.1. The quantitative estimate of drug-likeness (QED) is 0.672. The number of amides is 1. The Morgan fingerprint density at radius 2 is 2.07 bits per heavy atom. The summed E-state index contributed by atoms with van der Waals surface area (Å²) < 4.78 is 18.7. The van der Waals surface area contributed by atoms with Gasteiger partial charge >= 0.3 is 0 Å². The van der Waals surface area contributed by atoms with Gasteiger partial charge in [-0.2, -0.15) is 0 Å². The highest BCUT2D eigenvalue weighted by Gasteiger charge is 2.27. The van der Waals surface area contributed by atoms with Gasteiger partial charge in [-0.15, -0.1) is 0 Å². The fourth-order valence-electron chi connectivity index (χ4n) is 3.14. The van der Waals surface area contributed by atoms with Crippen molar-refractivity contribution in [3.63, 3.8) is 0 Å². The molecule has 2 aromatic rings. The summed E-state index contributed by atoms with van der Waals surface area (Å²) in [4.78, 5) is 31.4. The minimum absolute atomic E-state index is 0.00949. The van der Waals surface area contributed by atoms with Gasteiger partial charge in [-0.05, 0) is 43.9 Å². The molecule has 0 bridgehead atoms. The average molecular weight is 390 g/mol. The van der Waals surface area contributed by atoms with Crippen LogP contribution in [0.5, 0.6) is 0 Å². The van der Waals surface area contributed by atoms with E-state index in [0.29, 0.717) is 35.3 Å². The first-order valence-corrected chi connectivity index (χ1v) is 9.90. The summed E-state index contributed by atoms with van der Waals surface area (Å²) in [6.45, 7) is 4.43. The van der Waals surface area contributed by atoms with Crippen molar-refractivity contribution in [2.75, 3.05) is 18.1 Å². The molecule has 0 aliphatic carbocycles. The summed E-state index contributed by atoms with van der Waals surface area (Å²) in [5.41, 5.74) is 1.55. The van der Waals surface area contributed by atoms with E-state index >= 15 is 0 Å². The number of nitrogens with zero attached hydrogens (tertiary/aromatic N) is 2. The van der Waals surface area contributed by atoms with Gasteiger partial charge in [-0.25, -0.2) is 9.37 Å². The number of carbonyl (C=O) groups is 2. The van der Waals surface area contributed by atoms with Crippen LogP contribution >= 0.6 is 11.3 Å². The molecule has 2 heterocycles. The average Bonchev–Trinajstić information content (AvgIpc) is 3.28. The van der Waals surface area contributed by atoms with E-state index in [4.69, 9.17) is 4.74 Å². The maximum Gasteiger partial charge on any atom is 0.229 e. The first kappa shape index (κ1) is 19.6. The zero-order chi connectivity index (χ0) is 19.4. The molecule has 3 rings (SSSR count). The number of thiazole rings is 1. The van der Waals surface area contributed by atoms with Gasteiger partial charge in [-0.1, -0.05) is 23.5 Å². The van der Waals surface area contributed by atoms with Crippen LogP contribution in [0.2, 0.25) is 0 Å². The molecule has 0 radical (unpaired) electrons. The Labute approximate surface area is 162 Å². The number of ether oxygens (including phenoxy) is 1. The fourth-order valence-corrected chi connectivity index (χ4v) is 4.13. The first-order valence-electron chi connectivity index (χ1n) is 9.09. The van der Waals surface area contributed by atoms with Gasteiger partial charge in [0.05, 0.1) is 23.2 Å². The van der Waals surface area contributed by atoms with Gasteiger partial charge in [-0.3, -0.25) is 14.5 Å². The molecule has 1 unspecified atom stereocenters. The van der Waals surface area contributed by atoms with E-state index < -0.39 is 0 Å². The second-order valence-corrected chi connectivity index (χ2v) is 7.71. The van der Waals surface area contributed by atoms with Crippen LogP contribution in [0.25, 0.3) is 0 Å². The van der Waals surface area contributed by atoms with Crippen molar-refractivity contribution in [3.05, 3.63) is 46.2 Å². The normalized spacial score (nSPS) is 16.5. The molecule has 1 aliphatic rings. The molecule has 0 spiro atoms. The van der Waals surface area contributed by atoms with E-state index in [1.54, 1.807) is 24.0 Å². The van der Waals surface area contributed by atoms with E-state index in [1.165, 1.54) is 30.4 Å². The number of anilines is 1. The number of hydrogen-bond acceptors (Lipinski definition) is 5. The fraction of sp³-hybridized carbons (Fsp3) is 0.450. The molecule has 1 atom stereocenters. The number of carbonyl (C=O) groups excluding carboxylic acids is 2. The smallest absolute Gasteiger partial charge is 0.229 e. The zero-order valence-corrected chi connectivity index (χ0v) is 16.4. The Morgan fingerprint density at radius 1 is 1.33 bits per heavy atom. The molecule has 1 aromatic carbocycles. The highest BCUT2D eigenvalue weighted by molar-refractivity contribution is 7.17. The van der Waals surface area contributed by atoms with Crippen LogP contribution in [0.4, 0.5) is 9.52 Å². The van der Waals surface area contributed by atoms with E-state index in [2.05, 4.69) is 4.98 Å². The van der Waals surface area contributed by atoms with Gasteiger partial charge in [0.1, 0.15) is 5.82 Å². The number of rotatable bonds is 7. The highest BCUT2D eigenvalue weighted by Crippen LogP contribution is 2.28.